The molecular formula is C19H25N3O6S3. The van der Waals surface area contributed by atoms with Crippen LogP contribution in [-0.2, 0) is 24.8 Å². The van der Waals surface area contributed by atoms with Gasteiger partial charge in [0.2, 0.25) is 10.0 Å². The van der Waals surface area contributed by atoms with Gasteiger partial charge in [-0.3, -0.25) is 0 Å². The van der Waals surface area contributed by atoms with Crippen molar-refractivity contribution in [3.05, 3.63) is 41.8 Å². The second kappa shape index (κ2) is 8.68. The van der Waals surface area contributed by atoms with E-state index in [0.29, 0.717) is 19.8 Å². The molecule has 2 aromatic rings. The van der Waals surface area contributed by atoms with Gasteiger partial charge in [-0.25, -0.2) is 16.8 Å². The van der Waals surface area contributed by atoms with Crippen molar-refractivity contribution in [2.24, 2.45) is 0 Å². The molecule has 9 nitrogen and oxygen atoms in total. The van der Waals surface area contributed by atoms with Crippen LogP contribution in [0.25, 0.3) is 0 Å². The Labute approximate surface area is 186 Å². The molecule has 1 aromatic heterocycles. The summed E-state index contributed by atoms with van der Waals surface area (Å²) in [6.07, 6.45) is 1.17. The predicted molar refractivity (Wildman–Crippen MR) is 118 cm³/mol. The fourth-order valence-corrected chi connectivity index (χ4v) is 7.59. The third-order valence-corrected chi connectivity index (χ3v) is 10.1. The summed E-state index contributed by atoms with van der Waals surface area (Å²) in [4.78, 5) is 2.01. The van der Waals surface area contributed by atoms with Crippen LogP contribution in [0.4, 0.5) is 5.69 Å². The largest absolute Gasteiger partial charge is 0.508 e. The fraction of sp³-hybridized carbons (Fsp3) is 0.474. The Morgan fingerprint density at radius 2 is 1.84 bits per heavy atom. The maximum atomic E-state index is 13.1. The van der Waals surface area contributed by atoms with Crippen molar-refractivity contribution in [1.29, 1.82) is 0 Å². The molecule has 0 bridgehead atoms. The quantitative estimate of drug-likeness (QED) is 0.621. The van der Waals surface area contributed by atoms with Crippen LogP contribution in [0.2, 0.25) is 0 Å². The summed E-state index contributed by atoms with van der Waals surface area (Å²) in [7, 11) is -7.17. The van der Waals surface area contributed by atoms with Gasteiger partial charge in [0.05, 0.1) is 31.6 Å². The molecule has 12 heteroatoms. The molecule has 170 valence electrons. The molecule has 1 aromatic carbocycles. The monoisotopic (exact) mass is 487 g/mol. The zero-order valence-corrected chi connectivity index (χ0v) is 19.4. The van der Waals surface area contributed by atoms with E-state index in [9.17, 15) is 21.9 Å². The lowest BCUT2D eigenvalue weighted by Crippen LogP contribution is -2.61. The zero-order chi connectivity index (χ0) is 22.2. The molecule has 0 spiro atoms. The first kappa shape index (κ1) is 22.5. The topological polar surface area (TPSA) is 107 Å². The third-order valence-electron chi connectivity index (χ3n) is 5.56. The maximum Gasteiger partial charge on any atom is 0.252 e. The normalized spacial score (nSPS) is 21.4. The molecule has 3 heterocycles. The molecule has 0 aliphatic carbocycles. The Kier molecular flexibility index (Phi) is 6.30. The SMILES string of the molecule is CS(=O)(=O)N(C[C@H]1CN(S(=O)(=O)c2cccs2)CCN1c1ccc(O)cc1)C1COC1. The number of rotatable bonds is 7. The number of phenolic OH excluding ortho intramolecular Hbond substituents is 1. The molecule has 31 heavy (non-hydrogen) atoms. The average Bonchev–Trinajstić information content (AvgIpc) is 3.22. The molecule has 0 radical (unpaired) electrons. The number of sulfonamides is 2. The maximum absolute atomic E-state index is 13.1. The number of phenols is 1. The summed E-state index contributed by atoms with van der Waals surface area (Å²) < 4.78 is 59.5. The summed E-state index contributed by atoms with van der Waals surface area (Å²) in [5.41, 5.74) is 0.800. The van der Waals surface area contributed by atoms with Crippen LogP contribution >= 0.6 is 11.3 Å². The Bertz CT molecular complexity index is 1100. The van der Waals surface area contributed by atoms with Gasteiger partial charge in [-0.05, 0) is 35.7 Å². The molecule has 2 aliphatic heterocycles. The van der Waals surface area contributed by atoms with Crippen molar-refractivity contribution in [2.75, 3.05) is 50.5 Å². The highest BCUT2D eigenvalue weighted by atomic mass is 32.2. The Hall–Kier alpha value is -1.70. The van der Waals surface area contributed by atoms with Crippen molar-refractivity contribution in [3.63, 3.8) is 0 Å². The Morgan fingerprint density at radius 1 is 1.13 bits per heavy atom. The van der Waals surface area contributed by atoms with E-state index in [1.807, 2.05) is 4.90 Å². The lowest BCUT2D eigenvalue weighted by atomic mass is 10.1. The molecule has 0 unspecified atom stereocenters. The van der Waals surface area contributed by atoms with Crippen LogP contribution in [0.1, 0.15) is 0 Å². The minimum atomic E-state index is -3.65. The number of nitrogens with zero attached hydrogens (tertiary/aromatic N) is 3. The minimum absolute atomic E-state index is 0.128. The van der Waals surface area contributed by atoms with E-state index in [1.165, 1.54) is 26.2 Å². The molecule has 4 rings (SSSR count). The Morgan fingerprint density at radius 3 is 2.39 bits per heavy atom. The van der Waals surface area contributed by atoms with E-state index < -0.39 is 26.1 Å². The second-order valence-corrected chi connectivity index (χ2v) is 12.7. The molecule has 2 saturated heterocycles. The van der Waals surface area contributed by atoms with Crippen LogP contribution in [0.15, 0.2) is 46.0 Å². The minimum Gasteiger partial charge on any atom is -0.508 e. The number of anilines is 1. The van der Waals surface area contributed by atoms with Gasteiger partial charge in [0, 0.05) is 31.9 Å². The molecule has 2 aliphatic rings. The molecule has 2 fully saturated rings. The van der Waals surface area contributed by atoms with E-state index in [2.05, 4.69) is 0 Å². The van der Waals surface area contributed by atoms with Gasteiger partial charge in [-0.1, -0.05) is 6.07 Å². The number of hydrogen-bond acceptors (Lipinski definition) is 8. The average molecular weight is 488 g/mol. The lowest BCUT2D eigenvalue weighted by Gasteiger charge is -2.45. The summed E-state index contributed by atoms with van der Waals surface area (Å²) in [6, 6.07) is 9.26. The van der Waals surface area contributed by atoms with E-state index in [0.717, 1.165) is 5.69 Å². The van der Waals surface area contributed by atoms with Gasteiger partial charge < -0.3 is 14.7 Å². The summed E-state index contributed by atoms with van der Waals surface area (Å²) >= 11 is 1.17. The lowest BCUT2D eigenvalue weighted by molar-refractivity contribution is -0.0382. The number of benzene rings is 1. The first-order chi connectivity index (χ1) is 14.7. The number of hydrogen-bond donors (Lipinski definition) is 1. The van der Waals surface area contributed by atoms with Crippen LogP contribution in [0.5, 0.6) is 5.75 Å². The molecule has 1 N–H and O–H groups in total. The van der Waals surface area contributed by atoms with Gasteiger partial charge >= 0.3 is 0 Å². The van der Waals surface area contributed by atoms with Crippen LogP contribution in [-0.4, -0.2) is 88.3 Å². The predicted octanol–water partition coefficient (Wildman–Crippen LogP) is 0.994. The fourth-order valence-electron chi connectivity index (χ4n) is 3.88. The Balaban J connectivity index is 1.64. The van der Waals surface area contributed by atoms with Crippen molar-refractivity contribution in [1.82, 2.24) is 8.61 Å². The summed E-state index contributed by atoms with van der Waals surface area (Å²) in [5.74, 6) is 0.128. The van der Waals surface area contributed by atoms with Gasteiger partial charge in [0.15, 0.2) is 0 Å². The van der Waals surface area contributed by atoms with E-state index in [-0.39, 0.29) is 35.6 Å². The molecule has 1 atom stereocenters. The highest BCUT2D eigenvalue weighted by Gasteiger charge is 2.40. The second-order valence-electron chi connectivity index (χ2n) is 7.68. The smallest absolute Gasteiger partial charge is 0.252 e. The highest BCUT2D eigenvalue weighted by Crippen LogP contribution is 2.29. The van der Waals surface area contributed by atoms with Crippen LogP contribution in [0.3, 0.4) is 0 Å². The molecule has 0 amide bonds. The number of piperazine rings is 1. The van der Waals surface area contributed by atoms with Gasteiger partial charge in [0.25, 0.3) is 10.0 Å². The standard InChI is InChI=1S/C19H25N3O6S3/c1-30(24,25)22(17-13-28-14-17)12-16-11-20(31(26,27)19-3-2-10-29-19)8-9-21(16)15-4-6-18(23)7-5-15/h2-7,10,16-17,23H,8-9,11-14H2,1H3/t16-/m1/s1. The summed E-state index contributed by atoms with van der Waals surface area (Å²) in [6.45, 7) is 1.64. The van der Waals surface area contributed by atoms with Crippen LogP contribution in [0, 0.1) is 0 Å². The summed E-state index contributed by atoms with van der Waals surface area (Å²) in [5, 5.41) is 11.4. The number of aromatic hydroxyl groups is 1. The molecule has 0 saturated carbocycles. The first-order valence-corrected chi connectivity index (χ1v) is 14.0. The van der Waals surface area contributed by atoms with Crippen molar-refractivity contribution in [3.8, 4) is 5.75 Å². The van der Waals surface area contributed by atoms with E-state index in [1.54, 1.807) is 41.8 Å². The van der Waals surface area contributed by atoms with Gasteiger partial charge in [-0.15, -0.1) is 11.3 Å². The third kappa shape index (κ3) is 4.73. The van der Waals surface area contributed by atoms with Crippen molar-refractivity contribution < 1.29 is 26.7 Å². The highest BCUT2D eigenvalue weighted by molar-refractivity contribution is 7.91. The van der Waals surface area contributed by atoms with Gasteiger partial charge in [0.1, 0.15) is 9.96 Å². The van der Waals surface area contributed by atoms with Gasteiger partial charge in [-0.2, -0.15) is 8.61 Å². The van der Waals surface area contributed by atoms with E-state index >= 15 is 0 Å². The molecular weight excluding hydrogens is 462 g/mol. The number of ether oxygens (including phenoxy) is 1. The first-order valence-electron chi connectivity index (χ1n) is 9.80. The van der Waals surface area contributed by atoms with E-state index in [4.69, 9.17) is 4.74 Å². The number of thiophene rings is 1. The van der Waals surface area contributed by atoms with Crippen molar-refractivity contribution in [2.45, 2.75) is 16.3 Å². The van der Waals surface area contributed by atoms with Crippen LogP contribution < -0.4 is 4.90 Å². The van der Waals surface area contributed by atoms with Crippen molar-refractivity contribution >= 4 is 37.1 Å². The zero-order valence-electron chi connectivity index (χ0n) is 17.0.